The Bertz CT molecular complexity index is 1050. The van der Waals surface area contributed by atoms with Gasteiger partial charge in [0.15, 0.2) is 0 Å². The maximum Gasteiger partial charge on any atom is 0.215 e. The van der Waals surface area contributed by atoms with E-state index in [1.165, 1.54) is 11.0 Å². The van der Waals surface area contributed by atoms with Crippen molar-refractivity contribution in [2.24, 2.45) is 0 Å². The van der Waals surface area contributed by atoms with Crippen molar-refractivity contribution < 1.29 is 4.74 Å². The van der Waals surface area contributed by atoms with Gasteiger partial charge in [0.2, 0.25) is 5.78 Å². The average Bonchev–Trinajstić information content (AvgIpc) is 3.27. The number of nitrogens with zero attached hydrogens (tertiary/aromatic N) is 4. The zero-order valence-electron chi connectivity index (χ0n) is 17.0. The number of ether oxygens (including phenoxy) is 1. The second-order valence-electron chi connectivity index (χ2n) is 6.69. The van der Waals surface area contributed by atoms with Crippen LogP contribution in [-0.4, -0.2) is 45.6 Å². The molecule has 0 bridgehead atoms. The van der Waals surface area contributed by atoms with Gasteiger partial charge in [0.1, 0.15) is 5.75 Å². The minimum atomic E-state index is 0. The molecule has 0 aliphatic rings. The molecule has 4 rings (SSSR count). The highest BCUT2D eigenvalue weighted by Gasteiger charge is 2.15. The lowest BCUT2D eigenvalue weighted by Crippen LogP contribution is -2.27. The van der Waals surface area contributed by atoms with Crippen molar-refractivity contribution in [2.75, 3.05) is 26.7 Å². The van der Waals surface area contributed by atoms with Gasteiger partial charge in [0.25, 0.3) is 0 Å². The summed E-state index contributed by atoms with van der Waals surface area (Å²) >= 11 is 0. The van der Waals surface area contributed by atoms with E-state index in [9.17, 15) is 0 Å². The first-order valence-electron chi connectivity index (χ1n) is 9.58. The summed E-state index contributed by atoms with van der Waals surface area (Å²) in [7, 11) is 1.69. The van der Waals surface area contributed by atoms with E-state index in [-0.39, 0.29) is 24.8 Å². The molecule has 0 saturated carbocycles. The van der Waals surface area contributed by atoms with Gasteiger partial charge in [-0.15, -0.1) is 24.8 Å². The molecule has 0 aliphatic carbocycles. The Morgan fingerprint density at radius 3 is 2.21 bits per heavy atom. The van der Waals surface area contributed by atoms with E-state index in [1.54, 1.807) is 7.11 Å². The third-order valence-corrected chi connectivity index (χ3v) is 5.28. The highest BCUT2D eigenvalue weighted by Crippen LogP contribution is 2.26. The molecule has 29 heavy (non-hydrogen) atoms. The Morgan fingerprint density at radius 1 is 0.931 bits per heavy atom. The predicted molar refractivity (Wildman–Crippen MR) is 125 cm³/mol. The van der Waals surface area contributed by atoms with Crippen LogP contribution in [0.25, 0.3) is 28.1 Å². The third kappa shape index (κ3) is 4.37. The van der Waals surface area contributed by atoms with Crippen LogP contribution in [0.3, 0.4) is 0 Å². The SMILES string of the molecule is CCN(CC)CCn1c2ccccc2n2cc(-c3ccc(OC)cc3)nc12.Cl.Cl. The summed E-state index contributed by atoms with van der Waals surface area (Å²) in [5.41, 5.74) is 4.50. The number of rotatable bonds is 7. The van der Waals surface area contributed by atoms with Gasteiger partial charge in [-0.25, -0.2) is 4.98 Å². The molecule has 0 radical (unpaired) electrons. The van der Waals surface area contributed by atoms with E-state index >= 15 is 0 Å². The van der Waals surface area contributed by atoms with Gasteiger partial charge in [0.05, 0.1) is 23.8 Å². The van der Waals surface area contributed by atoms with Crippen molar-refractivity contribution in [3.8, 4) is 17.0 Å². The van der Waals surface area contributed by atoms with Crippen LogP contribution in [0.5, 0.6) is 5.75 Å². The molecule has 5 nitrogen and oxygen atoms in total. The summed E-state index contributed by atoms with van der Waals surface area (Å²) in [6, 6.07) is 16.6. The van der Waals surface area contributed by atoms with Gasteiger partial charge in [-0.3, -0.25) is 4.40 Å². The van der Waals surface area contributed by atoms with E-state index in [2.05, 4.69) is 70.3 Å². The number of methoxy groups -OCH3 is 1. The van der Waals surface area contributed by atoms with Gasteiger partial charge >= 0.3 is 0 Å². The number of halogens is 2. The van der Waals surface area contributed by atoms with Gasteiger partial charge in [-0.2, -0.15) is 0 Å². The molecule has 0 aliphatic heterocycles. The van der Waals surface area contributed by atoms with E-state index in [0.29, 0.717) is 0 Å². The minimum absolute atomic E-state index is 0. The zero-order chi connectivity index (χ0) is 18.8. The van der Waals surface area contributed by atoms with Gasteiger partial charge in [-0.1, -0.05) is 26.0 Å². The number of aromatic nitrogens is 3. The Morgan fingerprint density at radius 2 is 1.59 bits per heavy atom. The minimum Gasteiger partial charge on any atom is -0.497 e. The lowest BCUT2D eigenvalue weighted by molar-refractivity contribution is 0.293. The Hall–Kier alpha value is -2.21. The van der Waals surface area contributed by atoms with Crippen LogP contribution in [-0.2, 0) is 6.54 Å². The summed E-state index contributed by atoms with van der Waals surface area (Å²) in [6.45, 7) is 8.51. The molecule has 2 aromatic heterocycles. The van der Waals surface area contributed by atoms with Gasteiger partial charge in [0, 0.05) is 24.8 Å². The maximum atomic E-state index is 5.27. The second kappa shape index (κ2) is 10.0. The molecule has 2 heterocycles. The monoisotopic (exact) mass is 434 g/mol. The van der Waals surface area contributed by atoms with Crippen molar-refractivity contribution in [1.82, 2.24) is 18.9 Å². The van der Waals surface area contributed by atoms with Crippen molar-refractivity contribution in [3.05, 3.63) is 54.7 Å². The van der Waals surface area contributed by atoms with E-state index in [4.69, 9.17) is 9.72 Å². The van der Waals surface area contributed by atoms with Crippen LogP contribution in [0.15, 0.2) is 54.7 Å². The number of likely N-dealkylation sites (N-methyl/N-ethyl adjacent to an activating group) is 1. The average molecular weight is 435 g/mol. The van der Waals surface area contributed by atoms with Crippen LogP contribution in [0.2, 0.25) is 0 Å². The Labute approximate surface area is 184 Å². The zero-order valence-corrected chi connectivity index (χ0v) is 18.7. The van der Waals surface area contributed by atoms with Crippen LogP contribution < -0.4 is 4.74 Å². The summed E-state index contributed by atoms with van der Waals surface area (Å²) in [5, 5.41) is 0. The lowest BCUT2D eigenvalue weighted by atomic mass is 10.2. The Balaban J connectivity index is 0.00000150. The van der Waals surface area contributed by atoms with Crippen LogP contribution in [0, 0.1) is 0 Å². The fourth-order valence-corrected chi connectivity index (χ4v) is 3.64. The molecule has 0 spiro atoms. The quantitative estimate of drug-likeness (QED) is 0.403. The molecule has 0 unspecified atom stereocenters. The van der Waals surface area contributed by atoms with Crippen LogP contribution in [0.1, 0.15) is 13.8 Å². The van der Waals surface area contributed by atoms with Gasteiger partial charge < -0.3 is 14.2 Å². The van der Waals surface area contributed by atoms with Crippen molar-refractivity contribution in [1.29, 1.82) is 0 Å². The lowest BCUT2D eigenvalue weighted by Gasteiger charge is -2.18. The van der Waals surface area contributed by atoms with Gasteiger partial charge in [-0.05, 0) is 49.5 Å². The second-order valence-corrected chi connectivity index (χ2v) is 6.69. The fraction of sp³-hybridized carbons (Fsp3) is 0.318. The summed E-state index contributed by atoms with van der Waals surface area (Å²) in [6.07, 6.45) is 2.13. The highest BCUT2D eigenvalue weighted by atomic mass is 35.5. The molecule has 156 valence electrons. The number of fused-ring (bicyclic) bond motifs is 3. The topological polar surface area (TPSA) is 34.7 Å². The molecule has 4 aromatic rings. The van der Waals surface area contributed by atoms with E-state index in [1.807, 2.05) is 12.1 Å². The first kappa shape index (κ1) is 23.1. The smallest absolute Gasteiger partial charge is 0.215 e. The first-order valence-corrected chi connectivity index (χ1v) is 9.58. The maximum absolute atomic E-state index is 5.27. The molecule has 0 amide bonds. The largest absolute Gasteiger partial charge is 0.497 e. The molecular weight excluding hydrogens is 407 g/mol. The number of hydrogen-bond donors (Lipinski definition) is 0. The number of hydrogen-bond acceptors (Lipinski definition) is 3. The number of para-hydroxylation sites is 2. The molecule has 7 heteroatoms. The van der Waals surface area contributed by atoms with Crippen molar-refractivity contribution >= 4 is 41.6 Å². The third-order valence-electron chi connectivity index (χ3n) is 5.28. The molecule has 0 atom stereocenters. The van der Waals surface area contributed by atoms with E-state index in [0.717, 1.165) is 49.0 Å². The standard InChI is InChI=1S/C22H26N4O.2ClH/c1-4-24(5-2)14-15-25-20-8-6-7-9-21(20)26-16-19(23-22(25)26)17-10-12-18(27-3)13-11-17;;/h6-13,16H,4-5,14-15H2,1-3H3;2*1H. The molecular formula is C22H28Cl2N4O. The van der Waals surface area contributed by atoms with Crippen molar-refractivity contribution in [3.63, 3.8) is 0 Å². The fourth-order valence-electron chi connectivity index (χ4n) is 3.64. The van der Waals surface area contributed by atoms with Crippen molar-refractivity contribution in [2.45, 2.75) is 20.4 Å². The molecule has 0 fully saturated rings. The normalized spacial score (nSPS) is 10.9. The predicted octanol–water partition coefficient (Wildman–Crippen LogP) is 5.15. The summed E-state index contributed by atoms with van der Waals surface area (Å²) in [4.78, 5) is 7.41. The molecule has 0 N–H and O–H groups in total. The van der Waals surface area contributed by atoms with Crippen LogP contribution in [0.4, 0.5) is 0 Å². The van der Waals surface area contributed by atoms with E-state index < -0.39 is 0 Å². The van der Waals surface area contributed by atoms with Crippen LogP contribution >= 0.6 is 24.8 Å². The summed E-state index contributed by atoms with van der Waals surface area (Å²) < 4.78 is 9.81. The molecule has 0 saturated heterocycles. The Kier molecular flexibility index (Phi) is 7.96. The highest BCUT2D eigenvalue weighted by molar-refractivity contribution is 5.85. The molecule has 2 aromatic carbocycles. The number of imidazole rings is 2. The number of benzene rings is 2. The first-order chi connectivity index (χ1) is 13.2. The summed E-state index contributed by atoms with van der Waals surface area (Å²) in [5.74, 6) is 1.85.